The van der Waals surface area contributed by atoms with E-state index in [-0.39, 0.29) is 18.4 Å². The molecule has 1 aromatic heterocycles. The molecule has 3 unspecified atom stereocenters. The lowest BCUT2D eigenvalue weighted by molar-refractivity contribution is -0.242. The number of amides is 1. The minimum absolute atomic E-state index is 0.146. The summed E-state index contributed by atoms with van der Waals surface area (Å²) in [5.41, 5.74) is -2.74. The number of nitrogens with zero attached hydrogens (tertiary/aromatic N) is 3. The van der Waals surface area contributed by atoms with E-state index in [4.69, 9.17) is 18.9 Å². The summed E-state index contributed by atoms with van der Waals surface area (Å²) in [4.78, 5) is 66.3. The van der Waals surface area contributed by atoms with Gasteiger partial charge in [-0.3, -0.25) is 24.2 Å². The SMILES string of the molecule is CC[C@]1(O)CC2CN(CCc3c([nH]c4ccccc34)[C@@](C(=O)OC)(c3cc4c(cc3OC)N(C=O)[C@H]3C(O)(C(=O)OC)[C@H](OC(C)=O)[C@]5(CC)CCCN6CC[C@]43[C@@H]65)C2)C1. The molecule has 10 atom stereocenters. The number of nitrogens with one attached hydrogen (secondary N) is 1. The van der Waals surface area contributed by atoms with Crippen LogP contribution >= 0.6 is 0 Å². The van der Waals surface area contributed by atoms with E-state index in [2.05, 4.69) is 20.9 Å². The minimum atomic E-state index is -2.48. The molecule has 6 heterocycles. The molecule has 1 saturated carbocycles. The Hall–Kier alpha value is -4.50. The Kier molecular flexibility index (Phi) is 9.73. The molecule has 6 aliphatic rings. The molecule has 3 N–H and O–H groups in total. The van der Waals surface area contributed by atoms with E-state index >= 15 is 4.79 Å². The summed E-state index contributed by atoms with van der Waals surface area (Å²) in [5.74, 6) is -1.96. The number of esters is 3. The number of piperidine rings is 2. The highest BCUT2D eigenvalue weighted by Gasteiger charge is 2.81. The number of hydrogen-bond donors (Lipinski definition) is 3. The largest absolute Gasteiger partial charge is 0.496 e. The molecule has 1 amide bonds. The molecule has 4 fully saturated rings. The van der Waals surface area contributed by atoms with Crippen LogP contribution < -0.4 is 9.64 Å². The van der Waals surface area contributed by atoms with Gasteiger partial charge in [-0.15, -0.1) is 0 Å². The normalized spacial score (nSPS) is 36.7. The van der Waals surface area contributed by atoms with E-state index in [0.29, 0.717) is 99.4 Å². The summed E-state index contributed by atoms with van der Waals surface area (Å²) >= 11 is 0. The van der Waals surface area contributed by atoms with Crippen molar-refractivity contribution in [2.24, 2.45) is 11.3 Å². The molecule has 1 aliphatic carbocycles. The zero-order valence-corrected chi connectivity index (χ0v) is 35.5. The Balaban J connectivity index is 1.38. The lowest BCUT2D eigenvalue weighted by Gasteiger charge is -2.64. The van der Waals surface area contributed by atoms with Gasteiger partial charge in [0.1, 0.15) is 11.2 Å². The van der Waals surface area contributed by atoms with E-state index in [1.807, 2.05) is 38.1 Å². The fourth-order valence-electron chi connectivity index (χ4n) is 13.9. The van der Waals surface area contributed by atoms with Crippen molar-refractivity contribution in [3.05, 3.63) is 58.8 Å². The molecular weight excluding hydrogens is 769 g/mol. The number of aromatic nitrogens is 1. The zero-order valence-electron chi connectivity index (χ0n) is 35.5. The molecule has 322 valence electrons. The number of benzene rings is 2. The Morgan fingerprint density at radius 2 is 1.70 bits per heavy atom. The summed E-state index contributed by atoms with van der Waals surface area (Å²) in [6, 6.07) is 10.2. The number of methoxy groups -OCH3 is 3. The number of carbonyl (C=O) groups excluding carboxylic acids is 4. The first-order valence-electron chi connectivity index (χ1n) is 21.6. The van der Waals surface area contributed by atoms with Gasteiger partial charge >= 0.3 is 17.9 Å². The monoisotopic (exact) mass is 826 g/mol. The maximum atomic E-state index is 15.3. The number of fused-ring (bicyclic) bond motifs is 6. The predicted molar refractivity (Wildman–Crippen MR) is 221 cm³/mol. The fraction of sp³-hybridized carbons (Fsp3) is 0.609. The summed E-state index contributed by atoms with van der Waals surface area (Å²) in [7, 11) is 4.12. The van der Waals surface area contributed by atoms with Crippen molar-refractivity contribution < 1.29 is 48.3 Å². The summed E-state index contributed by atoms with van der Waals surface area (Å²) in [5, 5.41) is 26.3. The second-order valence-corrected chi connectivity index (χ2v) is 18.5. The third-order valence-corrected chi connectivity index (χ3v) is 15.9. The van der Waals surface area contributed by atoms with Crippen LogP contribution in [0.15, 0.2) is 36.4 Å². The summed E-state index contributed by atoms with van der Waals surface area (Å²) in [6.07, 6.45) is 3.43. The van der Waals surface area contributed by atoms with Gasteiger partial charge in [-0.2, -0.15) is 0 Å². The number of carbonyl (C=O) groups is 4. The Bertz CT molecular complexity index is 2260. The fourth-order valence-corrected chi connectivity index (χ4v) is 13.9. The van der Waals surface area contributed by atoms with Gasteiger partial charge in [0, 0.05) is 71.7 Å². The van der Waals surface area contributed by atoms with Crippen LogP contribution in [-0.4, -0.2) is 133 Å². The van der Waals surface area contributed by atoms with E-state index in [1.54, 1.807) is 6.07 Å². The van der Waals surface area contributed by atoms with Crippen molar-refractivity contribution in [1.82, 2.24) is 14.8 Å². The van der Waals surface area contributed by atoms with Crippen molar-refractivity contribution in [3.63, 3.8) is 0 Å². The van der Waals surface area contributed by atoms with Crippen LogP contribution in [0.3, 0.4) is 0 Å². The Morgan fingerprint density at radius 1 is 0.933 bits per heavy atom. The van der Waals surface area contributed by atoms with Crippen molar-refractivity contribution in [1.29, 1.82) is 0 Å². The first-order valence-corrected chi connectivity index (χ1v) is 21.6. The first kappa shape index (κ1) is 40.9. The van der Waals surface area contributed by atoms with Crippen molar-refractivity contribution in [2.75, 3.05) is 59.0 Å². The minimum Gasteiger partial charge on any atom is -0.496 e. The number of aromatic amines is 1. The molecule has 14 nitrogen and oxygen atoms in total. The van der Waals surface area contributed by atoms with E-state index in [0.717, 1.165) is 29.4 Å². The van der Waals surface area contributed by atoms with Crippen molar-refractivity contribution in [2.45, 2.75) is 112 Å². The van der Waals surface area contributed by atoms with E-state index in [1.165, 1.54) is 33.2 Å². The first-order chi connectivity index (χ1) is 28.8. The number of hydrogen-bond acceptors (Lipinski definition) is 12. The summed E-state index contributed by atoms with van der Waals surface area (Å²) < 4.78 is 23.8. The van der Waals surface area contributed by atoms with Gasteiger partial charge < -0.3 is 39.0 Å². The van der Waals surface area contributed by atoms with Crippen LogP contribution in [0, 0.1) is 11.3 Å². The van der Waals surface area contributed by atoms with E-state index in [9.17, 15) is 24.6 Å². The van der Waals surface area contributed by atoms with Crippen LogP contribution in [0.5, 0.6) is 5.75 Å². The lowest BCUT2D eigenvalue weighted by Crippen LogP contribution is -2.82. The Labute approximate surface area is 350 Å². The average Bonchev–Trinajstić information content (AvgIpc) is 3.92. The van der Waals surface area contributed by atoms with E-state index < -0.39 is 57.5 Å². The number of para-hydroxylation sites is 1. The number of aliphatic hydroxyl groups is 2. The smallest absolute Gasteiger partial charge is 0.344 e. The van der Waals surface area contributed by atoms with Crippen LogP contribution in [0.2, 0.25) is 0 Å². The maximum Gasteiger partial charge on any atom is 0.344 e. The molecular formula is C46H58N4O10. The van der Waals surface area contributed by atoms with Crippen LogP contribution in [0.4, 0.5) is 5.69 Å². The second-order valence-electron chi connectivity index (χ2n) is 18.5. The Morgan fingerprint density at radius 3 is 2.38 bits per heavy atom. The van der Waals surface area contributed by atoms with Crippen LogP contribution in [0.1, 0.15) is 88.1 Å². The summed E-state index contributed by atoms with van der Waals surface area (Å²) in [6.45, 7) is 8.49. The number of anilines is 1. The average molecular weight is 827 g/mol. The highest BCUT2D eigenvalue weighted by molar-refractivity contribution is 5.96. The molecule has 2 aromatic carbocycles. The third kappa shape index (κ3) is 5.26. The van der Waals surface area contributed by atoms with Crippen molar-refractivity contribution >= 4 is 40.9 Å². The number of H-pyrrole nitrogens is 1. The molecule has 3 aromatic rings. The quantitative estimate of drug-likeness (QED) is 0.171. The molecule has 9 rings (SSSR count). The topological polar surface area (TPSA) is 171 Å². The highest BCUT2D eigenvalue weighted by atomic mass is 16.6. The number of ether oxygens (including phenoxy) is 4. The van der Waals surface area contributed by atoms with Gasteiger partial charge in [0.25, 0.3) is 0 Å². The molecule has 3 saturated heterocycles. The van der Waals surface area contributed by atoms with Gasteiger partial charge in [-0.1, -0.05) is 32.0 Å². The third-order valence-electron chi connectivity index (χ3n) is 15.9. The molecule has 60 heavy (non-hydrogen) atoms. The van der Waals surface area contributed by atoms with Crippen LogP contribution in [-0.2, 0) is 50.6 Å². The van der Waals surface area contributed by atoms with Crippen molar-refractivity contribution in [3.8, 4) is 5.75 Å². The second kappa shape index (κ2) is 14.3. The molecule has 5 aliphatic heterocycles. The van der Waals surface area contributed by atoms with Gasteiger partial charge in [-0.05, 0) is 93.6 Å². The van der Waals surface area contributed by atoms with Gasteiger partial charge in [0.2, 0.25) is 12.0 Å². The standard InChI is InChI=1S/C46H58N4O10/c1-7-42(55)22-28-23-45(40(53)58-5,36-30(14-18-48(24-28)25-42)29-12-9-10-13-33(29)47-36)32-20-31-34(21-35(32)57-4)50(26-51)38-44(31)16-19-49-17-11-15-43(8-2,37(44)49)39(60-27(3)52)46(38,56)41(54)59-6/h9-10,12-13,20-21,26,28,37-39,47,55-56H,7-8,11,14-19,22-25H2,1-6H3/t28?,37-,38+,39+,42-,43+,44+,45-,46?/m0/s1. The molecule has 14 heteroatoms. The maximum absolute atomic E-state index is 15.3. The highest BCUT2D eigenvalue weighted by Crippen LogP contribution is 2.69. The lowest BCUT2D eigenvalue weighted by atomic mass is 9.46. The van der Waals surface area contributed by atoms with Gasteiger partial charge in [0.05, 0.1) is 38.7 Å². The van der Waals surface area contributed by atoms with Gasteiger partial charge in [0.15, 0.2) is 6.10 Å². The van der Waals surface area contributed by atoms with Gasteiger partial charge in [-0.25, -0.2) is 4.79 Å². The molecule has 0 radical (unpaired) electrons. The number of rotatable bonds is 8. The van der Waals surface area contributed by atoms with Crippen LogP contribution in [0.25, 0.3) is 10.9 Å². The molecule has 2 bridgehead atoms. The predicted octanol–water partition coefficient (Wildman–Crippen LogP) is 3.74. The molecule has 1 spiro atoms. The zero-order chi connectivity index (χ0) is 42.6.